The molecule has 4 rings (SSSR count). The number of imidazole rings is 1. The summed E-state index contributed by atoms with van der Waals surface area (Å²) in [5.74, 6) is 0.539. The fourth-order valence-corrected chi connectivity index (χ4v) is 2.78. The van der Waals surface area contributed by atoms with Crippen LogP contribution in [0.25, 0.3) is 22.4 Å². The van der Waals surface area contributed by atoms with Crippen molar-refractivity contribution in [2.45, 2.75) is 19.9 Å². The molecule has 6 nitrogen and oxygen atoms in total. The van der Waals surface area contributed by atoms with Crippen molar-refractivity contribution in [3.8, 4) is 11.4 Å². The van der Waals surface area contributed by atoms with E-state index in [1.165, 1.54) is 0 Å². The first-order valence-electron chi connectivity index (χ1n) is 8.52. The van der Waals surface area contributed by atoms with Crippen LogP contribution in [0.2, 0.25) is 0 Å². The third-order valence-corrected chi connectivity index (χ3v) is 4.15. The Labute approximate surface area is 150 Å². The first kappa shape index (κ1) is 16.1. The number of H-pyrrole nitrogens is 1. The average Bonchev–Trinajstić information content (AvgIpc) is 3.29. The molecule has 1 amide bonds. The largest absolute Gasteiger partial charge is 0.338 e. The van der Waals surface area contributed by atoms with Gasteiger partial charge in [-0.05, 0) is 44.2 Å². The van der Waals surface area contributed by atoms with E-state index >= 15 is 0 Å². The minimum absolute atomic E-state index is 0.216. The van der Waals surface area contributed by atoms with Crippen LogP contribution in [0.4, 0.5) is 5.69 Å². The SMILES string of the molecule is CC(C)n1ccc(C(=O)Nc2cccc(-c3nc4ccccc4[nH]3)c2)n1. The van der Waals surface area contributed by atoms with Gasteiger partial charge in [0.15, 0.2) is 5.69 Å². The number of aromatic nitrogens is 4. The van der Waals surface area contributed by atoms with Crippen molar-refractivity contribution >= 4 is 22.6 Å². The lowest BCUT2D eigenvalue weighted by atomic mass is 10.2. The van der Waals surface area contributed by atoms with Crippen LogP contribution in [0.5, 0.6) is 0 Å². The van der Waals surface area contributed by atoms with Crippen LogP contribution in [0.1, 0.15) is 30.4 Å². The summed E-state index contributed by atoms with van der Waals surface area (Å²) in [6.07, 6.45) is 1.81. The molecule has 0 atom stereocenters. The molecule has 0 spiro atoms. The highest BCUT2D eigenvalue weighted by Gasteiger charge is 2.12. The Balaban J connectivity index is 1.58. The number of hydrogen-bond acceptors (Lipinski definition) is 3. The maximum Gasteiger partial charge on any atom is 0.276 e. The predicted octanol–water partition coefficient (Wildman–Crippen LogP) is 4.26. The fourth-order valence-electron chi connectivity index (χ4n) is 2.78. The number of fused-ring (bicyclic) bond motifs is 1. The molecule has 0 fully saturated rings. The van der Waals surface area contributed by atoms with Gasteiger partial charge in [-0.1, -0.05) is 24.3 Å². The van der Waals surface area contributed by atoms with Crippen LogP contribution >= 0.6 is 0 Å². The summed E-state index contributed by atoms with van der Waals surface area (Å²) in [5.41, 5.74) is 3.90. The van der Waals surface area contributed by atoms with E-state index in [2.05, 4.69) is 20.4 Å². The molecule has 0 saturated carbocycles. The highest BCUT2D eigenvalue weighted by Crippen LogP contribution is 2.23. The molecule has 6 heteroatoms. The van der Waals surface area contributed by atoms with E-state index < -0.39 is 0 Å². The maximum absolute atomic E-state index is 12.4. The number of hydrogen-bond donors (Lipinski definition) is 2. The first-order valence-corrected chi connectivity index (χ1v) is 8.52. The summed E-state index contributed by atoms with van der Waals surface area (Å²) < 4.78 is 1.76. The molecule has 0 unspecified atom stereocenters. The summed E-state index contributed by atoms with van der Waals surface area (Å²) in [7, 11) is 0. The summed E-state index contributed by atoms with van der Waals surface area (Å²) in [6.45, 7) is 4.04. The van der Waals surface area contributed by atoms with Crippen molar-refractivity contribution in [2.24, 2.45) is 0 Å². The van der Waals surface area contributed by atoms with Crippen LogP contribution in [0.3, 0.4) is 0 Å². The van der Waals surface area contributed by atoms with E-state index in [1.54, 1.807) is 10.7 Å². The Morgan fingerprint density at radius 1 is 1.12 bits per heavy atom. The molecule has 2 aromatic heterocycles. The molecule has 26 heavy (non-hydrogen) atoms. The molecule has 4 aromatic rings. The smallest absolute Gasteiger partial charge is 0.276 e. The van der Waals surface area contributed by atoms with Gasteiger partial charge in [0.05, 0.1) is 11.0 Å². The average molecular weight is 345 g/mol. The van der Waals surface area contributed by atoms with Crippen LogP contribution in [-0.4, -0.2) is 25.7 Å². The molecule has 0 aliphatic rings. The monoisotopic (exact) mass is 345 g/mol. The zero-order valence-corrected chi connectivity index (χ0v) is 14.6. The van der Waals surface area contributed by atoms with Gasteiger partial charge in [0, 0.05) is 23.5 Å². The van der Waals surface area contributed by atoms with E-state index in [0.717, 1.165) is 22.4 Å². The van der Waals surface area contributed by atoms with Gasteiger partial charge in [0.1, 0.15) is 5.82 Å². The highest BCUT2D eigenvalue weighted by molar-refractivity contribution is 6.03. The minimum atomic E-state index is -0.230. The van der Waals surface area contributed by atoms with Gasteiger partial charge < -0.3 is 10.3 Å². The quantitative estimate of drug-likeness (QED) is 0.580. The molecule has 0 bridgehead atoms. The van der Waals surface area contributed by atoms with Gasteiger partial charge in [0.2, 0.25) is 0 Å². The number of amides is 1. The van der Waals surface area contributed by atoms with Crippen molar-refractivity contribution < 1.29 is 4.79 Å². The Kier molecular flexibility index (Phi) is 4.01. The normalized spacial score (nSPS) is 11.2. The lowest BCUT2D eigenvalue weighted by molar-refractivity contribution is 0.102. The zero-order valence-electron chi connectivity index (χ0n) is 14.6. The number of benzene rings is 2. The molecule has 0 radical (unpaired) electrons. The number of anilines is 1. The van der Waals surface area contributed by atoms with Crippen LogP contribution in [0, 0.1) is 0 Å². The molecule has 0 aliphatic carbocycles. The fraction of sp³-hybridized carbons (Fsp3) is 0.150. The van der Waals surface area contributed by atoms with Gasteiger partial charge in [-0.15, -0.1) is 0 Å². The molecule has 0 saturated heterocycles. The van der Waals surface area contributed by atoms with Crippen molar-refractivity contribution in [3.05, 3.63) is 66.5 Å². The van der Waals surface area contributed by atoms with E-state index in [1.807, 2.05) is 68.6 Å². The van der Waals surface area contributed by atoms with Crippen molar-refractivity contribution in [1.82, 2.24) is 19.7 Å². The second-order valence-corrected chi connectivity index (χ2v) is 6.41. The standard InChI is InChI=1S/C20H19N5O/c1-13(2)25-11-10-18(24-25)20(26)21-15-7-5-6-14(12-15)19-22-16-8-3-4-9-17(16)23-19/h3-13H,1-2H3,(H,21,26)(H,22,23). The van der Waals surface area contributed by atoms with Crippen molar-refractivity contribution in [1.29, 1.82) is 0 Å². The topological polar surface area (TPSA) is 75.6 Å². The van der Waals surface area contributed by atoms with E-state index in [0.29, 0.717) is 11.4 Å². The molecule has 2 heterocycles. The molecular formula is C20H19N5O. The molecule has 2 aromatic carbocycles. The second kappa shape index (κ2) is 6.48. The maximum atomic E-state index is 12.4. The molecule has 130 valence electrons. The van der Waals surface area contributed by atoms with Crippen molar-refractivity contribution in [3.63, 3.8) is 0 Å². The van der Waals surface area contributed by atoms with Gasteiger partial charge in [0.25, 0.3) is 5.91 Å². The first-order chi connectivity index (χ1) is 12.6. The van der Waals surface area contributed by atoms with Gasteiger partial charge in [-0.25, -0.2) is 4.98 Å². The van der Waals surface area contributed by atoms with Crippen LogP contribution in [0.15, 0.2) is 60.8 Å². The van der Waals surface area contributed by atoms with Gasteiger partial charge in [-0.2, -0.15) is 5.10 Å². The minimum Gasteiger partial charge on any atom is -0.338 e. The van der Waals surface area contributed by atoms with Crippen LogP contribution < -0.4 is 5.32 Å². The van der Waals surface area contributed by atoms with Gasteiger partial charge in [-0.3, -0.25) is 9.48 Å². The number of carbonyl (C=O) groups is 1. The Bertz CT molecular complexity index is 1040. The molecule has 2 N–H and O–H groups in total. The van der Waals surface area contributed by atoms with E-state index in [4.69, 9.17) is 0 Å². The summed E-state index contributed by atoms with van der Waals surface area (Å²) >= 11 is 0. The summed E-state index contributed by atoms with van der Waals surface area (Å²) in [5, 5.41) is 7.20. The number of nitrogens with one attached hydrogen (secondary N) is 2. The second-order valence-electron chi connectivity index (χ2n) is 6.41. The van der Waals surface area contributed by atoms with Crippen molar-refractivity contribution in [2.75, 3.05) is 5.32 Å². The summed E-state index contributed by atoms with van der Waals surface area (Å²) in [6, 6.07) is 17.4. The predicted molar refractivity (Wildman–Crippen MR) is 102 cm³/mol. The Morgan fingerprint density at radius 3 is 2.73 bits per heavy atom. The molecule has 0 aliphatic heterocycles. The van der Waals surface area contributed by atoms with Gasteiger partial charge >= 0.3 is 0 Å². The van der Waals surface area contributed by atoms with Crippen LogP contribution in [-0.2, 0) is 0 Å². The zero-order chi connectivity index (χ0) is 18.1. The number of rotatable bonds is 4. The lowest BCUT2D eigenvalue weighted by Crippen LogP contribution is -2.13. The lowest BCUT2D eigenvalue weighted by Gasteiger charge is -2.06. The Hall–Kier alpha value is -3.41. The number of carbonyl (C=O) groups excluding carboxylic acids is 1. The number of aromatic amines is 1. The third kappa shape index (κ3) is 3.09. The number of para-hydroxylation sites is 2. The molecular weight excluding hydrogens is 326 g/mol. The Morgan fingerprint density at radius 2 is 1.96 bits per heavy atom. The third-order valence-electron chi connectivity index (χ3n) is 4.15. The highest BCUT2D eigenvalue weighted by atomic mass is 16.1. The van der Waals surface area contributed by atoms with E-state index in [9.17, 15) is 4.79 Å². The summed E-state index contributed by atoms with van der Waals surface area (Å²) in [4.78, 5) is 20.3. The van der Waals surface area contributed by atoms with E-state index in [-0.39, 0.29) is 11.9 Å². The number of nitrogens with zero attached hydrogens (tertiary/aromatic N) is 3.